The van der Waals surface area contributed by atoms with E-state index >= 15 is 0 Å². The van der Waals surface area contributed by atoms with Crippen molar-refractivity contribution >= 4 is 38.8 Å². The molecule has 0 aliphatic heterocycles. The van der Waals surface area contributed by atoms with Crippen molar-refractivity contribution in [1.29, 1.82) is 0 Å². The van der Waals surface area contributed by atoms with Gasteiger partial charge in [-0.3, -0.25) is 9.78 Å². The number of pyridine rings is 2. The van der Waals surface area contributed by atoms with Crippen molar-refractivity contribution in [3.05, 3.63) is 71.4 Å². The van der Waals surface area contributed by atoms with E-state index in [9.17, 15) is 4.79 Å². The van der Waals surface area contributed by atoms with Crippen molar-refractivity contribution in [1.82, 2.24) is 9.97 Å². The number of aromatic nitrogens is 2. The van der Waals surface area contributed by atoms with Gasteiger partial charge in [-0.05, 0) is 49.2 Å². The number of hydrogen-bond donors (Lipinski definition) is 1. The lowest BCUT2D eigenvalue weighted by molar-refractivity contribution is 0.0993. The van der Waals surface area contributed by atoms with Crippen LogP contribution >= 0.6 is 11.3 Å². The van der Waals surface area contributed by atoms with Gasteiger partial charge in [0.05, 0.1) is 11.4 Å². The highest BCUT2D eigenvalue weighted by molar-refractivity contribution is 7.21. The number of benzene rings is 1. The van der Waals surface area contributed by atoms with Crippen molar-refractivity contribution in [2.75, 3.05) is 17.2 Å². The summed E-state index contributed by atoms with van der Waals surface area (Å²) in [6.07, 6.45) is 4.34. The van der Waals surface area contributed by atoms with E-state index in [1.807, 2.05) is 49.4 Å². The van der Waals surface area contributed by atoms with E-state index < -0.39 is 0 Å². The minimum absolute atomic E-state index is 0.0839. The first-order valence-electron chi connectivity index (χ1n) is 9.63. The molecule has 5 nitrogen and oxygen atoms in total. The summed E-state index contributed by atoms with van der Waals surface area (Å²) in [5.74, 6) is -0.0839. The molecular formula is C23H22N4OS. The molecule has 3 heterocycles. The van der Waals surface area contributed by atoms with E-state index in [1.54, 1.807) is 17.3 Å². The maximum absolute atomic E-state index is 13.4. The molecule has 4 rings (SSSR count). The van der Waals surface area contributed by atoms with E-state index in [1.165, 1.54) is 11.3 Å². The molecule has 1 amide bonds. The summed E-state index contributed by atoms with van der Waals surface area (Å²) >= 11 is 1.35. The Hall–Kier alpha value is -3.25. The van der Waals surface area contributed by atoms with Gasteiger partial charge in [0.25, 0.3) is 5.91 Å². The lowest BCUT2D eigenvalue weighted by Crippen LogP contribution is -2.31. The summed E-state index contributed by atoms with van der Waals surface area (Å²) in [4.78, 5) is 25.3. The summed E-state index contributed by atoms with van der Waals surface area (Å²) in [7, 11) is 0. The van der Waals surface area contributed by atoms with Crippen molar-refractivity contribution in [3.63, 3.8) is 0 Å². The van der Waals surface area contributed by atoms with Gasteiger partial charge >= 0.3 is 0 Å². The highest BCUT2D eigenvalue weighted by Crippen LogP contribution is 2.36. The van der Waals surface area contributed by atoms with E-state index in [0.717, 1.165) is 39.1 Å². The smallest absolute Gasteiger partial charge is 0.270 e. The summed E-state index contributed by atoms with van der Waals surface area (Å²) in [6.45, 7) is 4.64. The third-order valence-corrected chi connectivity index (χ3v) is 6.09. The summed E-state index contributed by atoms with van der Waals surface area (Å²) in [6, 6.07) is 15.7. The van der Waals surface area contributed by atoms with Crippen molar-refractivity contribution in [2.45, 2.75) is 20.3 Å². The topological polar surface area (TPSA) is 72.1 Å². The number of nitrogens with zero attached hydrogens (tertiary/aromatic N) is 3. The van der Waals surface area contributed by atoms with Crippen LogP contribution in [0.25, 0.3) is 21.5 Å². The predicted octanol–water partition coefficient (Wildman–Crippen LogP) is 5.17. The highest BCUT2D eigenvalue weighted by atomic mass is 32.1. The highest BCUT2D eigenvalue weighted by Gasteiger charge is 2.24. The summed E-state index contributed by atoms with van der Waals surface area (Å²) < 4.78 is 0. The zero-order chi connectivity index (χ0) is 20.4. The van der Waals surface area contributed by atoms with Crippen LogP contribution in [0.1, 0.15) is 29.1 Å². The minimum atomic E-state index is -0.0839. The quantitative estimate of drug-likeness (QED) is 0.500. The van der Waals surface area contributed by atoms with Crippen molar-refractivity contribution < 1.29 is 4.79 Å². The third-order valence-electron chi connectivity index (χ3n) is 4.99. The molecule has 29 heavy (non-hydrogen) atoms. The Morgan fingerprint density at radius 1 is 1.07 bits per heavy atom. The lowest BCUT2D eigenvalue weighted by atomic mass is 10.1. The summed E-state index contributed by atoms with van der Waals surface area (Å²) in [5, 5.41) is 0.816. The molecule has 0 spiro atoms. The van der Waals surface area contributed by atoms with Gasteiger partial charge in [-0.2, -0.15) is 0 Å². The fourth-order valence-corrected chi connectivity index (χ4v) is 4.50. The van der Waals surface area contributed by atoms with Crippen LogP contribution in [0, 0.1) is 0 Å². The average molecular weight is 403 g/mol. The van der Waals surface area contributed by atoms with Gasteiger partial charge in [-0.1, -0.05) is 25.1 Å². The van der Waals surface area contributed by atoms with Crippen LogP contribution < -0.4 is 10.6 Å². The maximum atomic E-state index is 13.4. The Morgan fingerprint density at radius 2 is 1.83 bits per heavy atom. The molecule has 4 aromatic rings. The van der Waals surface area contributed by atoms with Crippen molar-refractivity contribution in [2.24, 2.45) is 0 Å². The number of fused-ring (bicyclic) bond motifs is 1. The van der Waals surface area contributed by atoms with Gasteiger partial charge in [0.1, 0.15) is 9.71 Å². The second-order valence-corrected chi connectivity index (χ2v) is 7.66. The molecule has 0 unspecified atom stereocenters. The van der Waals surface area contributed by atoms with Gasteiger partial charge < -0.3 is 10.6 Å². The number of carbonyl (C=O) groups excluding carboxylic acids is 1. The van der Waals surface area contributed by atoms with Gasteiger partial charge in [0.15, 0.2) is 0 Å². The van der Waals surface area contributed by atoms with Gasteiger partial charge in [0, 0.05) is 35.6 Å². The Morgan fingerprint density at radius 3 is 2.55 bits per heavy atom. The predicted molar refractivity (Wildman–Crippen MR) is 120 cm³/mol. The van der Waals surface area contributed by atoms with Gasteiger partial charge in [-0.25, -0.2) is 4.98 Å². The molecule has 0 aliphatic carbocycles. The molecule has 0 fully saturated rings. The van der Waals surface area contributed by atoms with Crippen LogP contribution in [-0.4, -0.2) is 22.4 Å². The molecule has 0 atom stereocenters. The monoisotopic (exact) mass is 402 g/mol. The number of thiophene rings is 1. The molecule has 0 bridgehead atoms. The van der Waals surface area contributed by atoms with Crippen LogP contribution in [0.15, 0.2) is 60.9 Å². The standard InChI is InChI=1S/C23H22N4OS/c1-3-15-7-5-6-8-19(15)27(4-2)23(28)21-20(24)17-9-10-18(26-22(17)29-21)16-11-13-25-14-12-16/h5-14H,3-4,24H2,1-2H3. The average Bonchev–Trinajstić information content (AvgIpc) is 3.11. The van der Waals surface area contributed by atoms with Crippen LogP contribution in [0.4, 0.5) is 11.4 Å². The number of rotatable bonds is 5. The molecule has 6 heteroatoms. The second-order valence-electron chi connectivity index (χ2n) is 6.66. The number of hydrogen-bond acceptors (Lipinski definition) is 5. The first kappa shape index (κ1) is 19.1. The molecule has 146 valence electrons. The Balaban J connectivity index is 1.76. The number of amides is 1. The molecule has 3 aromatic heterocycles. The lowest BCUT2D eigenvalue weighted by Gasteiger charge is -2.23. The summed E-state index contributed by atoms with van der Waals surface area (Å²) in [5.41, 5.74) is 10.8. The molecule has 2 N–H and O–H groups in total. The largest absolute Gasteiger partial charge is 0.397 e. The molecule has 0 aliphatic rings. The number of nitrogens with two attached hydrogens (primary N) is 1. The van der Waals surface area contributed by atoms with Crippen LogP contribution in [0.3, 0.4) is 0 Å². The number of para-hydroxylation sites is 1. The molecule has 0 saturated heterocycles. The molecule has 0 saturated carbocycles. The second kappa shape index (κ2) is 8.01. The first-order chi connectivity index (χ1) is 14.1. The third kappa shape index (κ3) is 3.47. The molecule has 1 aromatic carbocycles. The first-order valence-corrected chi connectivity index (χ1v) is 10.4. The van der Waals surface area contributed by atoms with Crippen LogP contribution in [-0.2, 0) is 6.42 Å². The number of aryl methyl sites for hydroxylation is 1. The van der Waals surface area contributed by atoms with Gasteiger partial charge in [0.2, 0.25) is 0 Å². The SMILES string of the molecule is CCc1ccccc1N(CC)C(=O)c1sc2nc(-c3ccncc3)ccc2c1N. The Bertz CT molecular complexity index is 1170. The maximum Gasteiger partial charge on any atom is 0.270 e. The number of carbonyl (C=O) groups is 1. The minimum Gasteiger partial charge on any atom is -0.397 e. The van der Waals surface area contributed by atoms with E-state index in [-0.39, 0.29) is 5.91 Å². The number of anilines is 2. The normalized spacial score (nSPS) is 11.0. The molecule has 0 radical (unpaired) electrons. The van der Waals surface area contributed by atoms with Gasteiger partial charge in [-0.15, -0.1) is 11.3 Å². The van der Waals surface area contributed by atoms with Crippen LogP contribution in [0.5, 0.6) is 0 Å². The zero-order valence-electron chi connectivity index (χ0n) is 16.4. The Labute approximate surface area is 173 Å². The van der Waals surface area contributed by atoms with Crippen molar-refractivity contribution in [3.8, 4) is 11.3 Å². The van der Waals surface area contributed by atoms with E-state index in [2.05, 4.69) is 18.0 Å². The van der Waals surface area contributed by atoms with E-state index in [4.69, 9.17) is 10.7 Å². The Kier molecular flexibility index (Phi) is 5.27. The fourth-order valence-electron chi connectivity index (χ4n) is 3.46. The fraction of sp³-hybridized carbons (Fsp3) is 0.174. The van der Waals surface area contributed by atoms with E-state index in [0.29, 0.717) is 17.1 Å². The number of nitrogen functional groups attached to an aromatic ring is 1. The zero-order valence-corrected chi connectivity index (χ0v) is 17.2. The molecular weight excluding hydrogens is 380 g/mol. The van der Waals surface area contributed by atoms with Crippen LogP contribution in [0.2, 0.25) is 0 Å².